The van der Waals surface area contributed by atoms with Crippen molar-refractivity contribution in [1.29, 1.82) is 0 Å². The fourth-order valence-corrected chi connectivity index (χ4v) is 5.14. The molecule has 3 nitrogen and oxygen atoms in total. The Kier molecular flexibility index (Phi) is 7.12. The summed E-state index contributed by atoms with van der Waals surface area (Å²) in [5.41, 5.74) is 0.537. The van der Waals surface area contributed by atoms with Crippen molar-refractivity contribution >= 4 is 50.4 Å². The number of benzene rings is 2. The number of fused-ring (bicyclic) bond motifs is 1. The van der Waals surface area contributed by atoms with Crippen LogP contribution in [0.2, 0.25) is 0 Å². The Bertz CT molecular complexity index is 925. The van der Waals surface area contributed by atoms with Crippen LogP contribution in [-0.2, 0) is 25.1 Å². The van der Waals surface area contributed by atoms with Crippen molar-refractivity contribution in [3.63, 3.8) is 0 Å². The van der Waals surface area contributed by atoms with Crippen molar-refractivity contribution in [3.8, 4) is 0 Å². The van der Waals surface area contributed by atoms with Crippen LogP contribution in [0.5, 0.6) is 0 Å². The Morgan fingerprint density at radius 2 is 1.33 bits per heavy atom. The van der Waals surface area contributed by atoms with Crippen LogP contribution in [0.15, 0.2) is 35.2 Å². The molecule has 0 aliphatic rings. The second-order valence-corrected chi connectivity index (χ2v) is 11.5. The molecular weight excluding hydrogens is 367 g/mol. The molecule has 2 rings (SSSR count). The standard InChI is InChI=1S/C22H32O3S.Na.H/c1-20(2,3)17-14-15-12-10-11-13-16(15)19(18(17)21(4,5)6)26(23,24)25-22(7,8)9;;/h10-14H,1-9H3;;. The molecule has 2 aromatic carbocycles. The first-order valence-corrected chi connectivity index (χ1v) is 10.5. The van der Waals surface area contributed by atoms with E-state index in [1.54, 1.807) is 20.8 Å². The van der Waals surface area contributed by atoms with Crippen molar-refractivity contribution < 1.29 is 12.6 Å². The van der Waals surface area contributed by atoms with Crippen molar-refractivity contribution in [1.82, 2.24) is 0 Å². The minimum absolute atomic E-state index is 0. The number of hydrogen-bond donors (Lipinski definition) is 0. The van der Waals surface area contributed by atoms with E-state index in [0.717, 1.165) is 21.9 Å². The Morgan fingerprint density at radius 1 is 0.815 bits per heavy atom. The Hall–Kier alpha value is -0.390. The van der Waals surface area contributed by atoms with E-state index in [9.17, 15) is 8.42 Å². The van der Waals surface area contributed by atoms with Gasteiger partial charge in [-0.15, -0.1) is 0 Å². The van der Waals surface area contributed by atoms with E-state index in [1.807, 2.05) is 24.3 Å². The molecule has 0 saturated carbocycles. The summed E-state index contributed by atoms with van der Waals surface area (Å²) in [7, 11) is -3.94. The molecule has 146 valence electrons. The molecule has 0 bridgehead atoms. The molecule has 27 heavy (non-hydrogen) atoms. The van der Waals surface area contributed by atoms with Gasteiger partial charge >= 0.3 is 29.6 Å². The third-order valence-electron chi connectivity index (χ3n) is 4.17. The van der Waals surface area contributed by atoms with E-state index in [0.29, 0.717) is 4.90 Å². The molecule has 0 unspecified atom stereocenters. The fourth-order valence-electron chi connectivity index (χ4n) is 3.28. The van der Waals surface area contributed by atoms with E-state index in [2.05, 4.69) is 47.6 Å². The number of hydrogen-bond acceptors (Lipinski definition) is 3. The molecule has 0 atom stereocenters. The molecule has 0 fully saturated rings. The molecule has 0 heterocycles. The normalized spacial score (nSPS) is 13.5. The van der Waals surface area contributed by atoms with Gasteiger partial charge in [0.1, 0.15) is 4.90 Å². The quantitative estimate of drug-likeness (QED) is 0.508. The predicted octanol–water partition coefficient (Wildman–Crippen LogP) is 5.29. The fraction of sp³-hybridized carbons (Fsp3) is 0.545. The topological polar surface area (TPSA) is 43.4 Å². The Balaban J connectivity index is 0.00000364. The third-order valence-corrected chi connectivity index (χ3v) is 5.81. The van der Waals surface area contributed by atoms with Gasteiger partial charge in [-0.3, -0.25) is 4.18 Å². The molecule has 0 radical (unpaired) electrons. The third kappa shape index (κ3) is 5.57. The second-order valence-electron chi connectivity index (χ2n) is 10.00. The molecule has 0 aromatic heterocycles. The zero-order chi connectivity index (χ0) is 20.1. The summed E-state index contributed by atoms with van der Waals surface area (Å²) >= 11 is 0. The molecular formula is C22H33NaO3S. The van der Waals surface area contributed by atoms with E-state index >= 15 is 0 Å². The first-order valence-electron chi connectivity index (χ1n) is 9.06. The minimum atomic E-state index is -3.94. The van der Waals surface area contributed by atoms with Crippen LogP contribution in [0.3, 0.4) is 0 Å². The van der Waals surface area contributed by atoms with Gasteiger partial charge in [0.15, 0.2) is 0 Å². The van der Waals surface area contributed by atoms with Gasteiger partial charge in [-0.1, -0.05) is 71.9 Å². The zero-order valence-corrected chi connectivity index (χ0v) is 18.3. The summed E-state index contributed by atoms with van der Waals surface area (Å²) in [6.45, 7) is 17.8. The van der Waals surface area contributed by atoms with Gasteiger partial charge < -0.3 is 0 Å². The molecule has 0 spiro atoms. The van der Waals surface area contributed by atoms with E-state index in [1.165, 1.54) is 0 Å². The first kappa shape index (κ1) is 24.6. The SMILES string of the molecule is CC(C)(C)OS(=O)(=O)c1c(C(C)(C)C)c(C(C)(C)C)cc2ccccc12.[NaH]. The summed E-state index contributed by atoms with van der Waals surface area (Å²) < 4.78 is 32.4. The van der Waals surface area contributed by atoms with Crippen LogP contribution in [-0.4, -0.2) is 43.6 Å². The van der Waals surface area contributed by atoms with Gasteiger partial charge in [-0.25, -0.2) is 0 Å². The molecule has 0 saturated heterocycles. The van der Waals surface area contributed by atoms with Gasteiger partial charge in [0, 0.05) is 5.39 Å². The average molecular weight is 401 g/mol. The van der Waals surface area contributed by atoms with Crippen LogP contribution in [0, 0.1) is 0 Å². The Labute approximate surface area is 187 Å². The van der Waals surface area contributed by atoms with Crippen molar-refractivity contribution in [3.05, 3.63) is 41.5 Å². The first-order chi connectivity index (χ1) is 11.5. The number of rotatable bonds is 2. The molecule has 2 aromatic rings. The van der Waals surface area contributed by atoms with Crippen molar-refractivity contribution in [2.45, 2.75) is 83.6 Å². The van der Waals surface area contributed by atoms with E-state index < -0.39 is 15.7 Å². The zero-order valence-electron chi connectivity index (χ0n) is 17.5. The van der Waals surface area contributed by atoms with E-state index in [-0.39, 0.29) is 40.4 Å². The monoisotopic (exact) mass is 400 g/mol. The molecule has 0 N–H and O–H groups in total. The van der Waals surface area contributed by atoms with Gasteiger partial charge in [0.05, 0.1) is 5.60 Å². The van der Waals surface area contributed by atoms with Crippen LogP contribution < -0.4 is 0 Å². The summed E-state index contributed by atoms with van der Waals surface area (Å²) in [5, 5.41) is 1.64. The molecule has 0 aliphatic heterocycles. The van der Waals surface area contributed by atoms with Crippen molar-refractivity contribution in [2.75, 3.05) is 0 Å². The Morgan fingerprint density at radius 3 is 1.78 bits per heavy atom. The molecule has 5 heteroatoms. The van der Waals surface area contributed by atoms with Gasteiger partial charge in [-0.05, 0) is 48.1 Å². The van der Waals surface area contributed by atoms with Gasteiger partial charge in [0.2, 0.25) is 0 Å². The summed E-state index contributed by atoms with van der Waals surface area (Å²) in [6.07, 6.45) is 0. The van der Waals surface area contributed by atoms with Crippen LogP contribution >= 0.6 is 0 Å². The van der Waals surface area contributed by atoms with Crippen LogP contribution in [0.1, 0.15) is 73.4 Å². The van der Waals surface area contributed by atoms with Gasteiger partial charge in [-0.2, -0.15) is 8.42 Å². The average Bonchev–Trinajstić information content (AvgIpc) is 2.40. The van der Waals surface area contributed by atoms with Gasteiger partial charge in [0.25, 0.3) is 10.1 Å². The maximum atomic E-state index is 13.4. The van der Waals surface area contributed by atoms with Crippen molar-refractivity contribution in [2.24, 2.45) is 0 Å². The summed E-state index contributed by atoms with van der Waals surface area (Å²) in [5.74, 6) is 0. The van der Waals surface area contributed by atoms with Crippen LogP contribution in [0.4, 0.5) is 0 Å². The summed E-state index contributed by atoms with van der Waals surface area (Å²) in [4.78, 5) is 0.308. The molecule has 0 amide bonds. The molecule has 0 aliphatic carbocycles. The predicted molar refractivity (Wildman–Crippen MR) is 117 cm³/mol. The summed E-state index contributed by atoms with van der Waals surface area (Å²) in [6, 6.07) is 9.78. The maximum absolute atomic E-state index is 13.4. The van der Waals surface area contributed by atoms with E-state index in [4.69, 9.17) is 4.18 Å². The van der Waals surface area contributed by atoms with Crippen LogP contribution in [0.25, 0.3) is 10.8 Å². The second kappa shape index (κ2) is 7.79.